The highest BCUT2D eigenvalue weighted by Gasteiger charge is 2.30. The molecule has 3 atom stereocenters. The van der Waals surface area contributed by atoms with E-state index in [0.29, 0.717) is 12.0 Å². The van der Waals surface area contributed by atoms with E-state index in [4.69, 9.17) is 5.21 Å². The first-order chi connectivity index (χ1) is 6.19. The average Bonchev–Trinajstić information content (AvgIpc) is 2.11. The Labute approximate surface area is 79.7 Å². The van der Waals surface area contributed by atoms with Gasteiger partial charge in [-0.1, -0.05) is 18.7 Å². The number of rotatable bonds is 2. The zero-order chi connectivity index (χ0) is 9.84. The molecule has 0 radical (unpaired) electrons. The quantitative estimate of drug-likeness (QED) is 0.361. The molecule has 0 aromatic heterocycles. The van der Waals surface area contributed by atoms with Crippen LogP contribution in [0.4, 0.5) is 0 Å². The zero-order valence-electron chi connectivity index (χ0n) is 8.45. The average molecular weight is 183 g/mol. The fraction of sp³-hybridized carbons (Fsp3) is 0.700. The van der Waals surface area contributed by atoms with Crippen LogP contribution < -0.4 is 4.90 Å². The van der Waals surface area contributed by atoms with Gasteiger partial charge in [-0.15, -0.1) is 0 Å². The molecule has 1 aliphatic rings. The lowest BCUT2D eigenvalue weighted by molar-refractivity contribution is -0.921. The summed E-state index contributed by atoms with van der Waals surface area (Å²) < 4.78 is 0. The second-order valence-corrected chi connectivity index (χ2v) is 3.95. The van der Waals surface area contributed by atoms with Crippen molar-refractivity contribution in [2.75, 3.05) is 13.1 Å². The van der Waals surface area contributed by atoms with Crippen LogP contribution in [0.1, 0.15) is 20.3 Å². The molecular formula is C10H19N2O+. The van der Waals surface area contributed by atoms with Gasteiger partial charge >= 0.3 is 0 Å². The van der Waals surface area contributed by atoms with E-state index in [2.05, 4.69) is 25.6 Å². The van der Waals surface area contributed by atoms with Crippen molar-refractivity contribution in [3.05, 3.63) is 12.7 Å². The Hall–Kier alpha value is -0.830. The zero-order valence-corrected chi connectivity index (χ0v) is 8.45. The molecule has 1 unspecified atom stereocenters. The number of oxime groups is 1. The number of nitrogens with one attached hydrogen (secondary N) is 1. The highest BCUT2D eigenvalue weighted by molar-refractivity contribution is 5.86. The summed E-state index contributed by atoms with van der Waals surface area (Å²) in [7, 11) is 0. The number of likely N-dealkylation sites (tertiary alicyclic amines) is 1. The number of piperidine rings is 1. The van der Waals surface area contributed by atoms with Gasteiger partial charge in [-0.3, -0.25) is 0 Å². The van der Waals surface area contributed by atoms with Crippen LogP contribution in [0.25, 0.3) is 0 Å². The van der Waals surface area contributed by atoms with E-state index in [1.54, 1.807) is 0 Å². The van der Waals surface area contributed by atoms with E-state index in [9.17, 15) is 0 Å². The maximum atomic E-state index is 8.75. The van der Waals surface area contributed by atoms with Gasteiger partial charge < -0.3 is 10.1 Å². The predicted molar refractivity (Wildman–Crippen MR) is 53.4 cm³/mol. The molecule has 0 amide bonds. The Morgan fingerprint density at radius 1 is 1.69 bits per heavy atom. The smallest absolute Gasteiger partial charge is 0.0957 e. The Kier molecular flexibility index (Phi) is 3.48. The summed E-state index contributed by atoms with van der Waals surface area (Å²) in [6.07, 6.45) is 2.86. The van der Waals surface area contributed by atoms with E-state index in [0.717, 1.165) is 25.2 Å². The highest BCUT2D eigenvalue weighted by atomic mass is 16.4. The Morgan fingerprint density at radius 3 is 2.92 bits per heavy atom. The summed E-state index contributed by atoms with van der Waals surface area (Å²) in [4.78, 5) is 1.54. The topological polar surface area (TPSA) is 37.0 Å². The van der Waals surface area contributed by atoms with Crippen molar-refractivity contribution in [3.63, 3.8) is 0 Å². The summed E-state index contributed by atoms with van der Waals surface area (Å²) >= 11 is 0. The third-order valence-corrected chi connectivity index (χ3v) is 2.88. The number of nitrogens with zero attached hydrogens (tertiary/aromatic N) is 1. The fourth-order valence-electron chi connectivity index (χ4n) is 1.98. The third kappa shape index (κ3) is 2.31. The monoisotopic (exact) mass is 183 g/mol. The van der Waals surface area contributed by atoms with Crippen LogP contribution in [-0.2, 0) is 0 Å². The second kappa shape index (κ2) is 4.42. The van der Waals surface area contributed by atoms with Crippen molar-refractivity contribution >= 4 is 5.71 Å². The lowest BCUT2D eigenvalue weighted by Gasteiger charge is -2.33. The SMILES string of the molecule is C=CC[NH+]1C[C@H](C)/C(=N/O)C[C@@H]1C. The van der Waals surface area contributed by atoms with Gasteiger partial charge in [-0.2, -0.15) is 0 Å². The first-order valence-electron chi connectivity index (χ1n) is 4.85. The maximum Gasteiger partial charge on any atom is 0.0957 e. The molecule has 1 rings (SSSR count). The molecule has 0 saturated carbocycles. The van der Waals surface area contributed by atoms with Crippen molar-refractivity contribution in [2.45, 2.75) is 26.3 Å². The highest BCUT2D eigenvalue weighted by Crippen LogP contribution is 2.07. The molecular weight excluding hydrogens is 164 g/mol. The first kappa shape index (κ1) is 10.3. The molecule has 3 heteroatoms. The van der Waals surface area contributed by atoms with Gasteiger partial charge in [0.25, 0.3) is 0 Å². The Bertz CT molecular complexity index is 213. The van der Waals surface area contributed by atoms with Crippen molar-refractivity contribution in [1.29, 1.82) is 0 Å². The molecule has 2 N–H and O–H groups in total. The summed E-state index contributed by atoms with van der Waals surface area (Å²) in [5.74, 6) is 0.399. The van der Waals surface area contributed by atoms with Crippen LogP contribution in [0.5, 0.6) is 0 Å². The van der Waals surface area contributed by atoms with Crippen LogP contribution in [0.15, 0.2) is 17.8 Å². The molecule has 1 fully saturated rings. The van der Waals surface area contributed by atoms with Crippen LogP contribution in [0.3, 0.4) is 0 Å². The van der Waals surface area contributed by atoms with Crippen molar-refractivity contribution < 1.29 is 10.1 Å². The molecule has 0 aromatic rings. The van der Waals surface area contributed by atoms with E-state index in [1.807, 2.05) is 6.08 Å². The summed E-state index contributed by atoms with van der Waals surface area (Å²) in [6.45, 7) is 10.1. The summed E-state index contributed by atoms with van der Waals surface area (Å²) in [6, 6.07) is 0.542. The maximum absolute atomic E-state index is 8.75. The minimum absolute atomic E-state index is 0.399. The second-order valence-electron chi connectivity index (χ2n) is 3.95. The first-order valence-corrected chi connectivity index (χ1v) is 4.85. The van der Waals surface area contributed by atoms with Gasteiger partial charge in [0.05, 0.1) is 24.8 Å². The van der Waals surface area contributed by atoms with Crippen LogP contribution in [0.2, 0.25) is 0 Å². The molecule has 1 saturated heterocycles. The molecule has 13 heavy (non-hydrogen) atoms. The van der Waals surface area contributed by atoms with E-state index in [1.165, 1.54) is 4.90 Å². The standard InChI is InChI=1S/C10H18N2O/c1-4-5-12-7-8(2)10(11-13)6-9(12)3/h4,8-9,13H,1,5-7H2,2-3H3/p+1/b11-10+/t8-,9-/m0/s1. The van der Waals surface area contributed by atoms with Crippen LogP contribution >= 0.6 is 0 Å². The Morgan fingerprint density at radius 2 is 2.38 bits per heavy atom. The van der Waals surface area contributed by atoms with E-state index >= 15 is 0 Å². The van der Waals surface area contributed by atoms with Crippen molar-refractivity contribution in [3.8, 4) is 0 Å². The molecule has 1 heterocycles. The lowest BCUT2D eigenvalue weighted by atomic mass is 9.93. The molecule has 3 nitrogen and oxygen atoms in total. The molecule has 74 valence electrons. The van der Waals surface area contributed by atoms with Gasteiger partial charge in [0.15, 0.2) is 0 Å². The van der Waals surface area contributed by atoms with Crippen molar-refractivity contribution in [1.82, 2.24) is 0 Å². The van der Waals surface area contributed by atoms with Gasteiger partial charge in [0.1, 0.15) is 0 Å². The Balaban J connectivity index is 2.61. The van der Waals surface area contributed by atoms with E-state index in [-0.39, 0.29) is 0 Å². The van der Waals surface area contributed by atoms with Crippen molar-refractivity contribution in [2.24, 2.45) is 11.1 Å². The summed E-state index contributed by atoms with van der Waals surface area (Å²) in [5, 5.41) is 12.1. The van der Waals surface area contributed by atoms with Gasteiger partial charge in [-0.25, -0.2) is 0 Å². The largest absolute Gasteiger partial charge is 0.411 e. The molecule has 0 aromatic carbocycles. The molecule has 0 aliphatic carbocycles. The van der Waals surface area contributed by atoms with Gasteiger partial charge in [0, 0.05) is 12.3 Å². The normalized spacial score (nSPS) is 37.7. The number of hydrogen-bond donors (Lipinski definition) is 2. The van der Waals surface area contributed by atoms with Crippen LogP contribution in [-0.4, -0.2) is 30.1 Å². The van der Waals surface area contributed by atoms with Gasteiger partial charge in [0.2, 0.25) is 0 Å². The molecule has 0 bridgehead atoms. The lowest BCUT2D eigenvalue weighted by Crippen LogP contribution is -3.17. The van der Waals surface area contributed by atoms with E-state index < -0.39 is 0 Å². The summed E-state index contributed by atoms with van der Waals surface area (Å²) in [5.41, 5.74) is 0.945. The van der Waals surface area contributed by atoms with Crippen LogP contribution in [0, 0.1) is 5.92 Å². The third-order valence-electron chi connectivity index (χ3n) is 2.88. The van der Waals surface area contributed by atoms with Gasteiger partial charge in [-0.05, 0) is 13.0 Å². The fourth-order valence-corrected chi connectivity index (χ4v) is 1.98. The number of quaternary nitrogens is 1. The predicted octanol–water partition coefficient (Wildman–Crippen LogP) is 0.316. The number of hydrogen-bond acceptors (Lipinski definition) is 2. The minimum Gasteiger partial charge on any atom is -0.411 e. The molecule has 0 spiro atoms. The molecule has 1 aliphatic heterocycles. The minimum atomic E-state index is 0.399.